The number of hydrogen-bond acceptors (Lipinski definition) is 3. The molecular formula is C13H27NO2. The molecule has 16 heavy (non-hydrogen) atoms. The fourth-order valence-corrected chi connectivity index (χ4v) is 2.02. The molecule has 2 N–H and O–H groups in total. The normalized spacial score (nSPS) is 20.1. The van der Waals surface area contributed by atoms with Gasteiger partial charge in [0.05, 0.1) is 13.2 Å². The van der Waals surface area contributed by atoms with Crippen LogP contribution in [0.5, 0.6) is 0 Å². The van der Waals surface area contributed by atoms with Crippen LogP contribution in [0.25, 0.3) is 0 Å². The molecule has 0 aromatic carbocycles. The molecule has 1 aliphatic rings. The van der Waals surface area contributed by atoms with Crippen molar-refractivity contribution in [3.63, 3.8) is 0 Å². The summed E-state index contributed by atoms with van der Waals surface area (Å²) in [5, 5.41) is 17.8. The molecule has 96 valence electrons. The number of hydrogen-bond donors (Lipinski definition) is 2. The van der Waals surface area contributed by atoms with Crippen molar-refractivity contribution in [3.8, 4) is 0 Å². The summed E-state index contributed by atoms with van der Waals surface area (Å²) in [5.41, 5.74) is 1.47. The Bertz CT molecular complexity index is 186. The van der Waals surface area contributed by atoms with Crippen molar-refractivity contribution in [1.82, 2.24) is 4.90 Å². The summed E-state index contributed by atoms with van der Waals surface area (Å²) in [6.07, 6.45) is 5.64. The molecule has 0 aromatic rings. The van der Waals surface area contributed by atoms with Gasteiger partial charge >= 0.3 is 0 Å². The van der Waals surface area contributed by atoms with Gasteiger partial charge in [-0.05, 0) is 26.2 Å². The van der Waals surface area contributed by atoms with E-state index in [1.54, 1.807) is 0 Å². The third kappa shape index (κ3) is 5.64. The van der Waals surface area contributed by atoms with Crippen molar-refractivity contribution in [2.75, 3.05) is 26.3 Å². The summed E-state index contributed by atoms with van der Waals surface area (Å²) >= 11 is 0. The van der Waals surface area contributed by atoms with E-state index in [1.807, 2.05) is 13.8 Å². The zero-order chi connectivity index (χ0) is 12.4. The van der Waals surface area contributed by atoms with Gasteiger partial charge in [-0.1, -0.05) is 25.5 Å². The number of aliphatic hydroxyl groups is 2. The molecule has 0 heterocycles. The van der Waals surface area contributed by atoms with Crippen LogP contribution in [0.1, 0.15) is 40.0 Å². The highest BCUT2D eigenvalue weighted by Gasteiger charge is 2.19. The van der Waals surface area contributed by atoms with E-state index in [1.165, 1.54) is 5.57 Å². The largest absolute Gasteiger partial charge is 0.395 e. The van der Waals surface area contributed by atoms with Gasteiger partial charge in [0.1, 0.15) is 0 Å². The van der Waals surface area contributed by atoms with Gasteiger partial charge in [-0.25, -0.2) is 0 Å². The summed E-state index contributed by atoms with van der Waals surface area (Å²) in [5.74, 6) is 0. The van der Waals surface area contributed by atoms with Crippen LogP contribution in [0.2, 0.25) is 0 Å². The first-order chi connectivity index (χ1) is 7.77. The zero-order valence-electron chi connectivity index (χ0n) is 10.9. The van der Waals surface area contributed by atoms with E-state index in [2.05, 4.69) is 17.9 Å². The van der Waals surface area contributed by atoms with Crippen molar-refractivity contribution >= 4 is 0 Å². The molecule has 0 amide bonds. The SMILES string of the molecule is CC.CC1=CCC(N(CCO)CCO)CC1. The van der Waals surface area contributed by atoms with Gasteiger partial charge in [0.25, 0.3) is 0 Å². The molecular weight excluding hydrogens is 202 g/mol. The lowest BCUT2D eigenvalue weighted by Crippen LogP contribution is -2.40. The summed E-state index contributed by atoms with van der Waals surface area (Å²) < 4.78 is 0. The van der Waals surface area contributed by atoms with Crippen LogP contribution in [0.3, 0.4) is 0 Å². The molecule has 3 heteroatoms. The Kier molecular flexibility index (Phi) is 9.59. The first-order valence-electron chi connectivity index (χ1n) is 6.39. The zero-order valence-corrected chi connectivity index (χ0v) is 10.9. The summed E-state index contributed by atoms with van der Waals surface area (Å²) in [6, 6.07) is 0.512. The first kappa shape index (κ1) is 15.6. The van der Waals surface area contributed by atoms with Crippen LogP contribution < -0.4 is 0 Å². The molecule has 0 radical (unpaired) electrons. The first-order valence-corrected chi connectivity index (χ1v) is 6.39. The third-order valence-corrected chi connectivity index (χ3v) is 2.90. The van der Waals surface area contributed by atoms with E-state index < -0.39 is 0 Å². The van der Waals surface area contributed by atoms with Crippen LogP contribution in [0.15, 0.2) is 11.6 Å². The summed E-state index contributed by atoms with van der Waals surface area (Å²) in [6.45, 7) is 7.88. The predicted molar refractivity (Wildman–Crippen MR) is 68.5 cm³/mol. The van der Waals surface area contributed by atoms with Gasteiger partial charge in [-0.15, -0.1) is 0 Å². The highest BCUT2D eigenvalue weighted by molar-refractivity contribution is 5.04. The van der Waals surface area contributed by atoms with Crippen LogP contribution >= 0.6 is 0 Å². The Hall–Kier alpha value is -0.380. The second-order valence-corrected chi connectivity index (χ2v) is 3.96. The van der Waals surface area contributed by atoms with Crippen LogP contribution in [0, 0.1) is 0 Å². The molecule has 1 aliphatic carbocycles. The lowest BCUT2D eigenvalue weighted by atomic mass is 9.95. The molecule has 0 fully saturated rings. The van der Waals surface area contributed by atoms with E-state index in [-0.39, 0.29) is 13.2 Å². The number of allylic oxidation sites excluding steroid dienone is 1. The average molecular weight is 229 g/mol. The quantitative estimate of drug-likeness (QED) is 0.707. The van der Waals surface area contributed by atoms with E-state index >= 15 is 0 Å². The van der Waals surface area contributed by atoms with Crippen LogP contribution in [-0.2, 0) is 0 Å². The fourth-order valence-electron chi connectivity index (χ4n) is 2.02. The maximum absolute atomic E-state index is 8.91. The highest BCUT2D eigenvalue weighted by atomic mass is 16.3. The molecule has 0 aliphatic heterocycles. The molecule has 1 atom stereocenters. The Balaban J connectivity index is 0.00000106. The van der Waals surface area contributed by atoms with Crippen molar-refractivity contribution < 1.29 is 10.2 Å². The Labute approximate surface area is 99.8 Å². The van der Waals surface area contributed by atoms with E-state index in [4.69, 9.17) is 10.2 Å². The topological polar surface area (TPSA) is 43.7 Å². The molecule has 0 bridgehead atoms. The Morgan fingerprint density at radius 3 is 2.19 bits per heavy atom. The maximum atomic E-state index is 8.91. The van der Waals surface area contributed by atoms with Gasteiger partial charge in [0.2, 0.25) is 0 Å². The number of nitrogens with zero attached hydrogens (tertiary/aromatic N) is 1. The maximum Gasteiger partial charge on any atom is 0.0558 e. The van der Waals surface area contributed by atoms with E-state index in [9.17, 15) is 0 Å². The number of aliphatic hydroxyl groups excluding tert-OH is 2. The van der Waals surface area contributed by atoms with Gasteiger partial charge in [-0.3, -0.25) is 4.90 Å². The van der Waals surface area contributed by atoms with Crippen molar-refractivity contribution in [3.05, 3.63) is 11.6 Å². The second kappa shape index (κ2) is 9.82. The molecule has 0 saturated heterocycles. The fraction of sp³-hybridized carbons (Fsp3) is 0.846. The van der Waals surface area contributed by atoms with Gasteiger partial charge in [0, 0.05) is 19.1 Å². The van der Waals surface area contributed by atoms with Gasteiger partial charge in [0.15, 0.2) is 0 Å². The Morgan fingerprint density at radius 1 is 1.25 bits per heavy atom. The van der Waals surface area contributed by atoms with Crippen molar-refractivity contribution in [1.29, 1.82) is 0 Å². The highest BCUT2D eigenvalue weighted by Crippen LogP contribution is 2.21. The standard InChI is InChI=1S/C11H21NO2.C2H6/c1-10-2-4-11(5-3-10)12(6-8-13)7-9-14;1-2/h2,11,13-14H,3-9H2,1H3;1-2H3. The summed E-state index contributed by atoms with van der Waals surface area (Å²) in [4.78, 5) is 2.18. The summed E-state index contributed by atoms with van der Waals surface area (Å²) in [7, 11) is 0. The molecule has 0 spiro atoms. The van der Waals surface area contributed by atoms with Gasteiger partial charge < -0.3 is 10.2 Å². The third-order valence-electron chi connectivity index (χ3n) is 2.90. The van der Waals surface area contributed by atoms with E-state index in [0.717, 1.165) is 19.3 Å². The molecule has 3 nitrogen and oxygen atoms in total. The monoisotopic (exact) mass is 229 g/mol. The molecule has 1 unspecified atom stereocenters. The lowest BCUT2D eigenvalue weighted by Gasteiger charge is -2.32. The number of rotatable bonds is 5. The molecule has 0 aromatic heterocycles. The lowest BCUT2D eigenvalue weighted by molar-refractivity contribution is 0.115. The Morgan fingerprint density at radius 2 is 1.81 bits per heavy atom. The average Bonchev–Trinajstić information content (AvgIpc) is 2.32. The minimum atomic E-state index is 0.180. The van der Waals surface area contributed by atoms with Crippen molar-refractivity contribution in [2.24, 2.45) is 0 Å². The van der Waals surface area contributed by atoms with Crippen LogP contribution in [-0.4, -0.2) is 47.5 Å². The minimum Gasteiger partial charge on any atom is -0.395 e. The van der Waals surface area contributed by atoms with Gasteiger partial charge in [-0.2, -0.15) is 0 Å². The van der Waals surface area contributed by atoms with Crippen molar-refractivity contribution in [2.45, 2.75) is 46.1 Å². The van der Waals surface area contributed by atoms with E-state index in [0.29, 0.717) is 19.1 Å². The molecule has 1 rings (SSSR count). The minimum absolute atomic E-state index is 0.180. The predicted octanol–water partition coefficient (Wildman–Crippen LogP) is 1.80. The smallest absolute Gasteiger partial charge is 0.0558 e. The van der Waals surface area contributed by atoms with Crippen LogP contribution in [0.4, 0.5) is 0 Å². The molecule has 0 saturated carbocycles. The second-order valence-electron chi connectivity index (χ2n) is 3.96.